The van der Waals surface area contributed by atoms with Gasteiger partial charge in [0.25, 0.3) is 0 Å². The minimum atomic E-state index is -3.12. The first-order valence-electron chi connectivity index (χ1n) is 5.71. The van der Waals surface area contributed by atoms with Crippen LogP contribution in [0.25, 0.3) is 0 Å². The van der Waals surface area contributed by atoms with Crippen LogP contribution in [-0.2, 0) is 14.6 Å². The van der Waals surface area contributed by atoms with Crippen molar-refractivity contribution in [3.63, 3.8) is 0 Å². The van der Waals surface area contributed by atoms with Crippen molar-refractivity contribution in [3.05, 3.63) is 10.4 Å². The molecular weight excluding hydrogens is 302 g/mol. The molecule has 0 aliphatic carbocycles. The van der Waals surface area contributed by atoms with Gasteiger partial charge in [0.05, 0.1) is 18.0 Å². The second-order valence-corrected chi connectivity index (χ2v) is 7.22. The molecule has 0 radical (unpaired) electrons. The normalized spacial score (nSPS) is 10.8. The van der Waals surface area contributed by atoms with Gasteiger partial charge in [0, 0.05) is 12.8 Å². The highest BCUT2D eigenvalue weighted by Gasteiger charge is 2.23. The van der Waals surface area contributed by atoms with E-state index in [-0.39, 0.29) is 35.0 Å². The average molecular weight is 317 g/mol. The number of carbonyl (C=O) groups is 1. The fourth-order valence-electron chi connectivity index (χ4n) is 1.41. The van der Waals surface area contributed by atoms with Crippen LogP contribution >= 0.6 is 11.3 Å². The van der Waals surface area contributed by atoms with E-state index in [4.69, 9.17) is 15.7 Å². The molecule has 0 aliphatic heterocycles. The minimum absolute atomic E-state index is 0.0535. The number of ether oxygens (including phenoxy) is 1. The molecule has 0 amide bonds. The molecule has 3 N–H and O–H groups in total. The third-order valence-electron chi connectivity index (χ3n) is 2.28. The van der Waals surface area contributed by atoms with Crippen molar-refractivity contribution >= 4 is 37.8 Å². The Labute approximate surface area is 121 Å². The van der Waals surface area contributed by atoms with E-state index in [1.54, 1.807) is 6.92 Å². The molecule has 0 aliphatic rings. The lowest BCUT2D eigenvalue weighted by atomic mass is 10.2. The third-order valence-corrected chi connectivity index (χ3v) is 4.30. The molecule has 1 rings (SSSR count). The second-order valence-electron chi connectivity index (χ2n) is 3.94. The monoisotopic (exact) mass is 317 g/mol. The van der Waals surface area contributed by atoms with Gasteiger partial charge in [-0.2, -0.15) is 5.26 Å². The number of nitrogens with two attached hydrogens (primary N) is 1. The molecule has 0 saturated heterocycles. The van der Waals surface area contributed by atoms with Gasteiger partial charge in [-0.25, -0.2) is 13.2 Å². The van der Waals surface area contributed by atoms with Crippen LogP contribution in [0.5, 0.6) is 0 Å². The second kappa shape index (κ2) is 6.58. The lowest BCUT2D eigenvalue weighted by Gasteiger charge is -2.07. The van der Waals surface area contributed by atoms with E-state index in [1.165, 1.54) is 0 Å². The van der Waals surface area contributed by atoms with Gasteiger partial charge < -0.3 is 15.8 Å². The van der Waals surface area contributed by atoms with Crippen molar-refractivity contribution < 1.29 is 17.9 Å². The summed E-state index contributed by atoms with van der Waals surface area (Å²) in [5.74, 6) is -0.723. The molecule has 1 heterocycles. The predicted octanol–water partition coefficient (Wildman–Crippen LogP) is 0.835. The SMILES string of the molecule is CCOC(=O)c1c(NCCS(C)(=O)=O)sc(C#N)c1N. The summed E-state index contributed by atoms with van der Waals surface area (Å²) < 4.78 is 27.0. The first-order chi connectivity index (χ1) is 9.30. The van der Waals surface area contributed by atoms with Crippen molar-refractivity contribution in [2.75, 3.05) is 36.2 Å². The first-order valence-corrected chi connectivity index (χ1v) is 8.59. The zero-order valence-electron chi connectivity index (χ0n) is 11.1. The molecule has 1 aromatic rings. The summed E-state index contributed by atoms with van der Waals surface area (Å²) in [5, 5.41) is 12.1. The van der Waals surface area contributed by atoms with Crippen LogP contribution < -0.4 is 11.1 Å². The highest BCUT2D eigenvalue weighted by molar-refractivity contribution is 7.90. The van der Waals surface area contributed by atoms with E-state index >= 15 is 0 Å². The molecule has 0 bridgehead atoms. The van der Waals surface area contributed by atoms with Gasteiger partial charge in [0.1, 0.15) is 31.3 Å². The van der Waals surface area contributed by atoms with Gasteiger partial charge in [-0.3, -0.25) is 0 Å². The third kappa shape index (κ3) is 4.11. The van der Waals surface area contributed by atoms with E-state index in [2.05, 4.69) is 5.32 Å². The molecular formula is C11H15N3O4S2. The molecule has 0 fully saturated rings. The van der Waals surface area contributed by atoms with E-state index in [0.717, 1.165) is 17.6 Å². The first kappa shape index (κ1) is 16.3. The molecule has 0 saturated carbocycles. The van der Waals surface area contributed by atoms with Crippen LogP contribution in [-0.4, -0.2) is 39.5 Å². The van der Waals surface area contributed by atoms with Crippen LogP contribution in [0.2, 0.25) is 0 Å². The van der Waals surface area contributed by atoms with Gasteiger partial charge in [0.15, 0.2) is 0 Å². The van der Waals surface area contributed by atoms with E-state index in [0.29, 0.717) is 5.00 Å². The van der Waals surface area contributed by atoms with Gasteiger partial charge in [-0.05, 0) is 6.92 Å². The number of hydrogen-bond acceptors (Lipinski definition) is 8. The highest BCUT2D eigenvalue weighted by Crippen LogP contribution is 2.35. The number of thiophene rings is 1. The largest absolute Gasteiger partial charge is 0.462 e. The maximum atomic E-state index is 11.8. The minimum Gasteiger partial charge on any atom is -0.462 e. The van der Waals surface area contributed by atoms with E-state index in [1.807, 2.05) is 6.07 Å². The van der Waals surface area contributed by atoms with Gasteiger partial charge in [-0.1, -0.05) is 0 Å². The Kier molecular flexibility index (Phi) is 5.35. The fourth-order valence-corrected chi connectivity index (χ4v) is 2.81. The average Bonchev–Trinajstić information content (AvgIpc) is 2.64. The standard InChI is InChI=1S/C11H15N3O4S2/c1-3-18-11(15)8-9(13)7(6-12)19-10(8)14-4-5-20(2,16)17/h14H,3-5,13H2,1-2H3. The van der Waals surface area contributed by atoms with Crippen molar-refractivity contribution in [1.82, 2.24) is 0 Å². The summed E-state index contributed by atoms with van der Waals surface area (Å²) >= 11 is 0.998. The molecule has 110 valence electrons. The summed E-state index contributed by atoms with van der Waals surface area (Å²) in [6, 6.07) is 1.89. The Balaban J connectivity index is 3.00. The van der Waals surface area contributed by atoms with E-state index < -0.39 is 15.8 Å². The number of anilines is 2. The zero-order chi connectivity index (χ0) is 15.3. The Morgan fingerprint density at radius 1 is 1.55 bits per heavy atom. The lowest BCUT2D eigenvalue weighted by Crippen LogP contribution is -2.16. The number of nitrogens with one attached hydrogen (secondary N) is 1. The zero-order valence-corrected chi connectivity index (χ0v) is 12.7. The van der Waals surface area contributed by atoms with Crippen LogP contribution in [0.15, 0.2) is 0 Å². The van der Waals surface area contributed by atoms with Crippen LogP contribution in [0, 0.1) is 11.3 Å². The molecule has 20 heavy (non-hydrogen) atoms. The van der Waals surface area contributed by atoms with Crippen LogP contribution in [0.4, 0.5) is 10.7 Å². The van der Waals surface area contributed by atoms with Crippen molar-refractivity contribution in [2.24, 2.45) is 0 Å². The van der Waals surface area contributed by atoms with Gasteiger partial charge in [-0.15, -0.1) is 11.3 Å². The summed E-state index contributed by atoms with van der Waals surface area (Å²) in [5.41, 5.74) is 5.87. The molecule has 1 aromatic heterocycles. The maximum absolute atomic E-state index is 11.8. The molecule has 0 atom stereocenters. The lowest BCUT2D eigenvalue weighted by molar-refractivity contribution is 0.0529. The number of sulfone groups is 1. The molecule has 0 unspecified atom stereocenters. The van der Waals surface area contributed by atoms with Crippen LogP contribution in [0.1, 0.15) is 22.2 Å². The predicted molar refractivity (Wildman–Crippen MR) is 77.6 cm³/mol. The van der Waals surface area contributed by atoms with Gasteiger partial charge in [0.2, 0.25) is 0 Å². The Morgan fingerprint density at radius 3 is 2.70 bits per heavy atom. The van der Waals surface area contributed by atoms with Gasteiger partial charge >= 0.3 is 5.97 Å². The number of hydrogen-bond donors (Lipinski definition) is 2. The Morgan fingerprint density at radius 2 is 2.20 bits per heavy atom. The van der Waals surface area contributed by atoms with Crippen molar-refractivity contribution in [2.45, 2.75) is 6.92 Å². The number of esters is 1. The molecule has 9 heteroatoms. The van der Waals surface area contributed by atoms with Crippen LogP contribution in [0.3, 0.4) is 0 Å². The molecule has 7 nitrogen and oxygen atoms in total. The fraction of sp³-hybridized carbons (Fsp3) is 0.455. The van der Waals surface area contributed by atoms with Crippen molar-refractivity contribution in [3.8, 4) is 6.07 Å². The summed E-state index contributed by atoms with van der Waals surface area (Å²) in [6.45, 7) is 1.96. The number of carbonyl (C=O) groups excluding carboxylic acids is 1. The Hall–Kier alpha value is -1.79. The summed E-state index contributed by atoms with van der Waals surface area (Å²) in [7, 11) is -3.12. The molecule has 0 aromatic carbocycles. The molecule has 0 spiro atoms. The maximum Gasteiger partial charge on any atom is 0.343 e. The van der Waals surface area contributed by atoms with Crippen molar-refractivity contribution in [1.29, 1.82) is 5.26 Å². The number of nitrogens with zero attached hydrogens (tertiary/aromatic N) is 1. The Bertz CT molecular complexity index is 643. The summed E-state index contributed by atoms with van der Waals surface area (Å²) in [6.07, 6.45) is 1.12. The quantitative estimate of drug-likeness (QED) is 0.745. The number of rotatable bonds is 6. The topological polar surface area (TPSA) is 122 Å². The van der Waals surface area contributed by atoms with E-state index in [9.17, 15) is 13.2 Å². The smallest absolute Gasteiger partial charge is 0.343 e. The number of nitrogen functional groups attached to an aromatic ring is 1. The summed E-state index contributed by atoms with van der Waals surface area (Å²) in [4.78, 5) is 12.0. The highest BCUT2D eigenvalue weighted by atomic mass is 32.2. The number of nitriles is 1.